The van der Waals surface area contributed by atoms with Crippen LogP contribution >= 0.6 is 0 Å². The van der Waals surface area contributed by atoms with Crippen molar-refractivity contribution in [3.8, 4) is 0 Å². The molecule has 0 saturated carbocycles. The van der Waals surface area contributed by atoms with Gasteiger partial charge in [-0.05, 0) is 12.8 Å². The Kier molecular flexibility index (Phi) is 4.73. The van der Waals surface area contributed by atoms with Gasteiger partial charge in [0.25, 0.3) is 5.91 Å². The molecular weight excluding hydrogens is 294 g/mol. The van der Waals surface area contributed by atoms with Crippen LogP contribution in [0.15, 0.2) is 10.6 Å². The molecule has 1 amide bonds. The number of aromatic nitrogens is 1. The number of rotatable bonds is 3. The first-order valence-electron chi connectivity index (χ1n) is 8.51. The van der Waals surface area contributed by atoms with Crippen molar-refractivity contribution in [3.63, 3.8) is 0 Å². The van der Waals surface area contributed by atoms with E-state index in [1.54, 1.807) is 0 Å². The van der Waals surface area contributed by atoms with Crippen molar-refractivity contribution in [1.29, 1.82) is 0 Å². The first-order chi connectivity index (χ1) is 10.9. The predicted octanol–water partition coefficient (Wildman–Crippen LogP) is 1.80. The molecule has 0 unspecified atom stereocenters. The monoisotopic (exact) mass is 321 g/mol. The number of carbonyl (C=O) groups is 1. The molecule has 0 aromatic carbocycles. The van der Waals surface area contributed by atoms with Crippen LogP contribution in [-0.4, -0.2) is 59.6 Å². The lowest BCUT2D eigenvalue weighted by Gasteiger charge is -2.35. The molecule has 0 N–H and O–H groups in total. The molecule has 0 aliphatic carbocycles. The van der Waals surface area contributed by atoms with Crippen molar-refractivity contribution >= 4 is 5.91 Å². The number of carbonyl (C=O) groups excluding carboxylic acids is 1. The summed E-state index contributed by atoms with van der Waals surface area (Å²) in [6.45, 7) is 11.0. The molecular formula is C17H27N3O3. The van der Waals surface area contributed by atoms with Gasteiger partial charge in [-0.2, -0.15) is 0 Å². The third-order valence-electron chi connectivity index (χ3n) is 4.54. The molecule has 3 rings (SSSR count). The molecule has 2 aliphatic rings. The third kappa shape index (κ3) is 3.93. The summed E-state index contributed by atoms with van der Waals surface area (Å²) >= 11 is 0. The SMILES string of the molecule is CC(C)(C)c1cnc(CN2CCN(C(=O)[C@@H]3CCCO3)CC2)o1. The van der Waals surface area contributed by atoms with Gasteiger partial charge in [-0.25, -0.2) is 4.98 Å². The van der Waals surface area contributed by atoms with Gasteiger partial charge in [0, 0.05) is 38.2 Å². The zero-order chi connectivity index (χ0) is 16.4. The van der Waals surface area contributed by atoms with E-state index in [2.05, 4.69) is 30.7 Å². The highest BCUT2D eigenvalue weighted by molar-refractivity contribution is 5.81. The maximum Gasteiger partial charge on any atom is 0.251 e. The van der Waals surface area contributed by atoms with Crippen LogP contribution in [0.5, 0.6) is 0 Å². The van der Waals surface area contributed by atoms with Gasteiger partial charge in [0.1, 0.15) is 11.9 Å². The number of hydrogen-bond donors (Lipinski definition) is 0. The smallest absolute Gasteiger partial charge is 0.251 e. The predicted molar refractivity (Wildman–Crippen MR) is 86.0 cm³/mol. The molecule has 3 heterocycles. The maximum atomic E-state index is 12.3. The Bertz CT molecular complexity index is 536. The maximum absolute atomic E-state index is 12.3. The van der Waals surface area contributed by atoms with E-state index in [4.69, 9.17) is 9.15 Å². The Labute approximate surface area is 137 Å². The zero-order valence-corrected chi connectivity index (χ0v) is 14.4. The average molecular weight is 321 g/mol. The van der Waals surface area contributed by atoms with Gasteiger partial charge in [-0.1, -0.05) is 20.8 Å². The van der Waals surface area contributed by atoms with Crippen LogP contribution in [0, 0.1) is 0 Å². The Morgan fingerprint density at radius 3 is 2.61 bits per heavy atom. The van der Waals surface area contributed by atoms with Crippen LogP contribution in [0.1, 0.15) is 45.3 Å². The van der Waals surface area contributed by atoms with Crippen molar-refractivity contribution in [1.82, 2.24) is 14.8 Å². The largest absolute Gasteiger partial charge is 0.444 e. The highest BCUT2D eigenvalue weighted by atomic mass is 16.5. The molecule has 1 aromatic heterocycles. The highest BCUT2D eigenvalue weighted by Crippen LogP contribution is 2.23. The number of oxazole rings is 1. The molecule has 0 bridgehead atoms. The summed E-state index contributed by atoms with van der Waals surface area (Å²) in [5.41, 5.74) is -0.0162. The van der Waals surface area contributed by atoms with Crippen molar-refractivity contribution in [2.45, 2.75) is 51.7 Å². The number of ether oxygens (including phenoxy) is 1. The van der Waals surface area contributed by atoms with Gasteiger partial charge in [0.15, 0.2) is 0 Å². The van der Waals surface area contributed by atoms with Crippen molar-refractivity contribution in [2.24, 2.45) is 0 Å². The average Bonchev–Trinajstić information content (AvgIpc) is 3.18. The van der Waals surface area contributed by atoms with Gasteiger partial charge in [-0.3, -0.25) is 9.69 Å². The van der Waals surface area contributed by atoms with E-state index in [0.717, 1.165) is 57.3 Å². The number of hydrogen-bond acceptors (Lipinski definition) is 5. The second-order valence-corrected chi connectivity index (χ2v) is 7.47. The number of piperazine rings is 1. The minimum atomic E-state index is -0.206. The van der Waals surface area contributed by atoms with E-state index >= 15 is 0 Å². The van der Waals surface area contributed by atoms with E-state index < -0.39 is 0 Å². The van der Waals surface area contributed by atoms with Crippen LogP contribution in [0.2, 0.25) is 0 Å². The molecule has 2 saturated heterocycles. The normalized spacial score (nSPS) is 23.4. The second-order valence-electron chi connectivity index (χ2n) is 7.47. The van der Waals surface area contributed by atoms with E-state index in [1.807, 2.05) is 11.1 Å². The molecule has 128 valence electrons. The summed E-state index contributed by atoms with van der Waals surface area (Å²) in [4.78, 5) is 20.9. The first kappa shape index (κ1) is 16.5. The van der Waals surface area contributed by atoms with Crippen molar-refractivity contribution in [3.05, 3.63) is 17.8 Å². The van der Waals surface area contributed by atoms with E-state index in [-0.39, 0.29) is 17.4 Å². The van der Waals surface area contributed by atoms with Gasteiger partial charge in [0.05, 0.1) is 12.7 Å². The van der Waals surface area contributed by atoms with Crippen molar-refractivity contribution < 1.29 is 13.9 Å². The van der Waals surface area contributed by atoms with Crippen LogP contribution in [0.4, 0.5) is 0 Å². The molecule has 1 atom stereocenters. The Balaban J connectivity index is 1.49. The summed E-state index contributed by atoms with van der Waals surface area (Å²) in [6.07, 6.45) is 3.48. The van der Waals surface area contributed by atoms with Crippen LogP contribution in [-0.2, 0) is 21.5 Å². The molecule has 6 heteroatoms. The fraction of sp³-hybridized carbons (Fsp3) is 0.765. The summed E-state index contributed by atoms with van der Waals surface area (Å²) in [5.74, 6) is 1.84. The lowest BCUT2D eigenvalue weighted by molar-refractivity contribution is -0.142. The second kappa shape index (κ2) is 6.61. The molecule has 1 aromatic rings. The van der Waals surface area contributed by atoms with Crippen LogP contribution in [0.3, 0.4) is 0 Å². The Morgan fingerprint density at radius 2 is 2.04 bits per heavy atom. The van der Waals surface area contributed by atoms with Crippen LogP contribution in [0.25, 0.3) is 0 Å². The summed E-state index contributed by atoms with van der Waals surface area (Å²) in [7, 11) is 0. The Hall–Kier alpha value is -1.40. The summed E-state index contributed by atoms with van der Waals surface area (Å²) in [5, 5.41) is 0. The minimum absolute atomic E-state index is 0.0162. The fourth-order valence-electron chi connectivity index (χ4n) is 3.02. The van der Waals surface area contributed by atoms with Gasteiger partial charge < -0.3 is 14.1 Å². The molecule has 6 nitrogen and oxygen atoms in total. The topological polar surface area (TPSA) is 58.8 Å². The van der Waals surface area contributed by atoms with E-state index in [9.17, 15) is 4.79 Å². The third-order valence-corrected chi connectivity index (χ3v) is 4.54. The van der Waals surface area contributed by atoms with Gasteiger partial charge in [0.2, 0.25) is 5.89 Å². The van der Waals surface area contributed by atoms with Gasteiger partial charge >= 0.3 is 0 Å². The van der Waals surface area contributed by atoms with Crippen LogP contribution < -0.4 is 0 Å². The molecule has 2 aliphatic heterocycles. The standard InChI is InChI=1S/C17H27N3O3/c1-17(2,3)14-11-18-15(23-14)12-19-6-8-20(9-7-19)16(21)13-5-4-10-22-13/h11,13H,4-10,12H2,1-3H3/t13-/m0/s1. The molecule has 0 radical (unpaired) electrons. The van der Waals surface area contributed by atoms with Gasteiger partial charge in [-0.15, -0.1) is 0 Å². The zero-order valence-electron chi connectivity index (χ0n) is 14.4. The molecule has 2 fully saturated rings. The fourth-order valence-corrected chi connectivity index (χ4v) is 3.02. The lowest BCUT2D eigenvalue weighted by Crippen LogP contribution is -2.51. The van der Waals surface area contributed by atoms with Crippen molar-refractivity contribution in [2.75, 3.05) is 32.8 Å². The summed E-state index contributed by atoms with van der Waals surface area (Å²) < 4.78 is 11.3. The van der Waals surface area contributed by atoms with E-state index in [1.165, 1.54) is 0 Å². The highest BCUT2D eigenvalue weighted by Gasteiger charge is 2.30. The first-order valence-corrected chi connectivity index (χ1v) is 8.51. The molecule has 23 heavy (non-hydrogen) atoms. The summed E-state index contributed by atoms with van der Waals surface area (Å²) in [6, 6.07) is 0. The number of amides is 1. The molecule has 0 spiro atoms. The van der Waals surface area contributed by atoms with E-state index in [0.29, 0.717) is 6.54 Å². The Morgan fingerprint density at radius 1 is 1.30 bits per heavy atom. The minimum Gasteiger partial charge on any atom is -0.444 e. The lowest BCUT2D eigenvalue weighted by atomic mass is 9.94. The number of nitrogens with zero attached hydrogens (tertiary/aromatic N) is 3. The quantitative estimate of drug-likeness (QED) is 0.849.